The fourth-order valence-corrected chi connectivity index (χ4v) is 4.08. The van der Waals surface area contributed by atoms with Crippen LogP contribution in [0.3, 0.4) is 0 Å². The molecule has 0 aliphatic carbocycles. The average molecular weight is 420 g/mol. The van der Waals surface area contributed by atoms with Crippen molar-refractivity contribution in [3.05, 3.63) is 53.3 Å². The maximum absolute atomic E-state index is 13.2. The largest absolute Gasteiger partial charge is 0.416 e. The SMILES string of the molecule is C[C@H]1CN(c2ccc(C(F)(F)F)cc2)C(=O)c2c(C(=O)NC3CCCNC3)ccn21. The van der Waals surface area contributed by atoms with Crippen LogP contribution in [0.4, 0.5) is 18.9 Å². The number of rotatable bonds is 3. The van der Waals surface area contributed by atoms with Gasteiger partial charge in [0.1, 0.15) is 5.69 Å². The fourth-order valence-electron chi connectivity index (χ4n) is 4.08. The zero-order valence-corrected chi connectivity index (χ0v) is 16.5. The van der Waals surface area contributed by atoms with Crippen molar-refractivity contribution in [3.8, 4) is 0 Å². The van der Waals surface area contributed by atoms with E-state index in [1.165, 1.54) is 17.0 Å². The summed E-state index contributed by atoms with van der Waals surface area (Å²) >= 11 is 0. The minimum absolute atomic E-state index is 0.00364. The van der Waals surface area contributed by atoms with Gasteiger partial charge in [-0.05, 0) is 56.6 Å². The quantitative estimate of drug-likeness (QED) is 0.802. The third kappa shape index (κ3) is 3.81. The molecule has 1 fully saturated rings. The number of carbonyl (C=O) groups excluding carboxylic acids is 2. The molecule has 160 valence electrons. The van der Waals surface area contributed by atoms with E-state index in [0.717, 1.165) is 31.5 Å². The van der Waals surface area contributed by atoms with Gasteiger partial charge in [0.2, 0.25) is 0 Å². The van der Waals surface area contributed by atoms with Crippen LogP contribution in [0.5, 0.6) is 0 Å². The minimum Gasteiger partial charge on any atom is -0.348 e. The van der Waals surface area contributed by atoms with Gasteiger partial charge in [-0.15, -0.1) is 0 Å². The maximum atomic E-state index is 13.2. The minimum atomic E-state index is -4.44. The Morgan fingerprint density at radius 1 is 1.20 bits per heavy atom. The Bertz CT molecular complexity index is 946. The molecule has 4 rings (SSSR count). The Labute approximate surface area is 172 Å². The lowest BCUT2D eigenvalue weighted by Crippen LogP contribution is -2.47. The van der Waals surface area contributed by atoms with Crippen LogP contribution in [-0.2, 0) is 6.18 Å². The monoisotopic (exact) mass is 420 g/mol. The highest BCUT2D eigenvalue weighted by molar-refractivity contribution is 6.13. The highest BCUT2D eigenvalue weighted by atomic mass is 19.4. The lowest BCUT2D eigenvalue weighted by atomic mass is 10.1. The number of hydrogen-bond donors (Lipinski definition) is 2. The van der Waals surface area contributed by atoms with Crippen LogP contribution in [0.25, 0.3) is 0 Å². The van der Waals surface area contributed by atoms with Gasteiger partial charge in [0.25, 0.3) is 11.8 Å². The van der Waals surface area contributed by atoms with E-state index in [1.807, 2.05) is 6.92 Å². The summed E-state index contributed by atoms with van der Waals surface area (Å²) in [6.07, 6.45) is -0.880. The Balaban J connectivity index is 1.60. The summed E-state index contributed by atoms with van der Waals surface area (Å²) in [5.74, 6) is -0.711. The summed E-state index contributed by atoms with van der Waals surface area (Å²) in [6, 6.07) is 6.02. The molecule has 0 saturated carbocycles. The van der Waals surface area contributed by atoms with Crippen LogP contribution in [-0.4, -0.2) is 42.1 Å². The van der Waals surface area contributed by atoms with Crippen LogP contribution in [0.15, 0.2) is 36.5 Å². The molecule has 9 heteroatoms. The molecule has 1 saturated heterocycles. The lowest BCUT2D eigenvalue weighted by molar-refractivity contribution is -0.137. The smallest absolute Gasteiger partial charge is 0.348 e. The molecular weight excluding hydrogens is 397 g/mol. The van der Waals surface area contributed by atoms with Crippen molar-refractivity contribution in [2.24, 2.45) is 0 Å². The number of anilines is 1. The number of nitrogens with zero attached hydrogens (tertiary/aromatic N) is 2. The first-order chi connectivity index (χ1) is 14.3. The predicted octanol–water partition coefficient (Wildman–Crippen LogP) is 3.21. The van der Waals surface area contributed by atoms with Crippen molar-refractivity contribution < 1.29 is 22.8 Å². The Kier molecular flexibility index (Phi) is 5.31. The molecule has 1 aromatic heterocycles. The van der Waals surface area contributed by atoms with Crippen LogP contribution in [0.2, 0.25) is 0 Å². The molecule has 2 amide bonds. The lowest BCUT2D eigenvalue weighted by Gasteiger charge is -2.33. The number of halogens is 3. The zero-order chi connectivity index (χ0) is 21.5. The normalized spacial score (nSPS) is 22.0. The highest BCUT2D eigenvalue weighted by Gasteiger charge is 2.35. The average Bonchev–Trinajstić information content (AvgIpc) is 3.17. The Hall–Kier alpha value is -2.81. The third-order valence-electron chi connectivity index (χ3n) is 5.67. The number of aromatic nitrogens is 1. The number of nitrogens with one attached hydrogen (secondary N) is 2. The van der Waals surface area contributed by atoms with E-state index in [0.29, 0.717) is 18.8 Å². The highest BCUT2D eigenvalue weighted by Crippen LogP contribution is 2.33. The predicted molar refractivity (Wildman–Crippen MR) is 106 cm³/mol. The van der Waals surface area contributed by atoms with Gasteiger partial charge in [0.15, 0.2) is 0 Å². The van der Waals surface area contributed by atoms with Crippen LogP contribution < -0.4 is 15.5 Å². The van der Waals surface area contributed by atoms with E-state index in [-0.39, 0.29) is 29.2 Å². The fraction of sp³-hybridized carbons (Fsp3) is 0.429. The number of fused-ring (bicyclic) bond motifs is 1. The second-order valence-corrected chi connectivity index (χ2v) is 7.81. The van der Waals surface area contributed by atoms with Crippen molar-refractivity contribution in [1.29, 1.82) is 0 Å². The summed E-state index contributed by atoms with van der Waals surface area (Å²) < 4.78 is 40.3. The standard InChI is InChI=1S/C21H23F3N4O2/c1-13-12-28(16-6-4-14(5-7-16)21(22,23)24)20(30)18-17(8-10-27(13)18)19(29)26-15-3-2-9-25-11-15/h4-8,10,13,15,25H,2-3,9,11-12H2,1H3,(H,26,29)/t13-,15?/m0/s1. The summed E-state index contributed by atoms with van der Waals surface area (Å²) in [7, 11) is 0. The number of piperidine rings is 1. The first-order valence-corrected chi connectivity index (χ1v) is 9.97. The third-order valence-corrected chi connectivity index (χ3v) is 5.67. The van der Waals surface area contributed by atoms with Gasteiger partial charge in [-0.25, -0.2) is 0 Å². The number of amides is 2. The van der Waals surface area contributed by atoms with Crippen molar-refractivity contribution in [2.75, 3.05) is 24.5 Å². The molecule has 2 N–H and O–H groups in total. The molecule has 0 radical (unpaired) electrons. The molecule has 2 aliphatic rings. The van der Waals surface area contributed by atoms with Gasteiger partial charge in [-0.2, -0.15) is 13.2 Å². The number of hydrogen-bond acceptors (Lipinski definition) is 3. The van der Waals surface area contributed by atoms with Gasteiger partial charge in [0, 0.05) is 37.1 Å². The molecule has 1 aromatic carbocycles. The van der Waals surface area contributed by atoms with E-state index in [2.05, 4.69) is 10.6 Å². The van der Waals surface area contributed by atoms with E-state index in [9.17, 15) is 22.8 Å². The molecule has 6 nitrogen and oxygen atoms in total. The van der Waals surface area contributed by atoms with Crippen molar-refractivity contribution in [1.82, 2.24) is 15.2 Å². The zero-order valence-electron chi connectivity index (χ0n) is 16.5. The van der Waals surface area contributed by atoms with Crippen LogP contribution in [0.1, 0.15) is 52.2 Å². The first kappa shape index (κ1) is 20.5. The summed E-state index contributed by atoms with van der Waals surface area (Å²) in [5, 5.41) is 6.21. The Morgan fingerprint density at radius 2 is 1.93 bits per heavy atom. The van der Waals surface area contributed by atoms with Gasteiger partial charge in [-0.3, -0.25) is 9.59 Å². The summed E-state index contributed by atoms with van der Waals surface area (Å²) in [5.41, 5.74) is 0.146. The van der Waals surface area contributed by atoms with Crippen molar-refractivity contribution in [3.63, 3.8) is 0 Å². The van der Waals surface area contributed by atoms with Gasteiger partial charge < -0.3 is 20.1 Å². The second-order valence-electron chi connectivity index (χ2n) is 7.81. The van der Waals surface area contributed by atoms with Crippen molar-refractivity contribution >= 4 is 17.5 Å². The van der Waals surface area contributed by atoms with Gasteiger partial charge in [0.05, 0.1) is 11.1 Å². The van der Waals surface area contributed by atoms with Crippen LogP contribution in [0, 0.1) is 0 Å². The number of carbonyl (C=O) groups is 2. The molecule has 0 bridgehead atoms. The van der Waals surface area contributed by atoms with E-state index >= 15 is 0 Å². The number of benzene rings is 1. The molecule has 0 spiro atoms. The molecular formula is C21H23F3N4O2. The first-order valence-electron chi connectivity index (χ1n) is 9.97. The summed E-state index contributed by atoms with van der Waals surface area (Å²) in [4.78, 5) is 27.5. The van der Waals surface area contributed by atoms with Gasteiger partial charge in [-0.1, -0.05) is 0 Å². The molecule has 2 atom stereocenters. The summed E-state index contributed by atoms with van der Waals surface area (Å²) in [6.45, 7) is 3.81. The van der Waals surface area contributed by atoms with Crippen LogP contribution >= 0.6 is 0 Å². The number of alkyl halides is 3. The Morgan fingerprint density at radius 3 is 2.57 bits per heavy atom. The van der Waals surface area contributed by atoms with E-state index < -0.39 is 17.6 Å². The molecule has 30 heavy (non-hydrogen) atoms. The molecule has 1 unspecified atom stereocenters. The van der Waals surface area contributed by atoms with Crippen molar-refractivity contribution in [2.45, 2.75) is 38.0 Å². The second kappa shape index (κ2) is 7.79. The maximum Gasteiger partial charge on any atom is 0.416 e. The molecule has 2 aromatic rings. The van der Waals surface area contributed by atoms with E-state index in [1.54, 1.807) is 16.8 Å². The molecule has 3 heterocycles. The van der Waals surface area contributed by atoms with Gasteiger partial charge >= 0.3 is 6.18 Å². The van der Waals surface area contributed by atoms with E-state index in [4.69, 9.17) is 0 Å². The topological polar surface area (TPSA) is 66.4 Å². The molecule has 2 aliphatic heterocycles.